The second-order valence-electron chi connectivity index (χ2n) is 6.13. The minimum absolute atomic E-state index is 0.0588. The van der Waals surface area contributed by atoms with Crippen LogP contribution in [0.25, 0.3) is 0 Å². The number of aromatic nitrogens is 3. The van der Waals surface area contributed by atoms with Crippen molar-refractivity contribution in [1.29, 1.82) is 0 Å². The van der Waals surface area contributed by atoms with Crippen LogP contribution in [0.2, 0.25) is 0 Å². The third-order valence-electron chi connectivity index (χ3n) is 4.28. The fraction of sp³-hybridized carbons (Fsp3) is 0.444. The van der Waals surface area contributed by atoms with Crippen molar-refractivity contribution in [2.75, 3.05) is 19.8 Å². The maximum absolute atomic E-state index is 12.4. The van der Waals surface area contributed by atoms with Crippen LogP contribution in [0.1, 0.15) is 30.8 Å². The molecule has 0 aromatic carbocycles. The summed E-state index contributed by atoms with van der Waals surface area (Å²) in [6, 6.07) is 7.26. The second-order valence-corrected chi connectivity index (χ2v) is 6.13. The number of hydrogen-bond acceptors (Lipinski definition) is 5. The van der Waals surface area contributed by atoms with Gasteiger partial charge in [0.25, 0.3) is 0 Å². The molecular formula is C18H23N5O3. The maximum atomic E-state index is 12.4. The van der Waals surface area contributed by atoms with Gasteiger partial charge in [0.15, 0.2) is 0 Å². The zero-order valence-electron chi connectivity index (χ0n) is 14.8. The molecule has 0 saturated carbocycles. The Balaban J connectivity index is 1.60. The standard InChI is InChI=1S/C18H23N5O3/c1-2-26-13-18(25)22-11-15-6-8-21-23(15)16(12-22)9-17(24)20-10-14-5-3-4-7-19-14/h3-8,16H,2,9-13H2,1H3,(H,20,24)/t16-/m0/s1. The number of ether oxygens (including phenoxy) is 1. The largest absolute Gasteiger partial charge is 0.372 e. The van der Waals surface area contributed by atoms with E-state index in [2.05, 4.69) is 15.4 Å². The first kappa shape index (κ1) is 18.1. The molecule has 138 valence electrons. The Morgan fingerprint density at radius 1 is 1.31 bits per heavy atom. The van der Waals surface area contributed by atoms with Crippen molar-refractivity contribution in [1.82, 2.24) is 25.0 Å². The van der Waals surface area contributed by atoms with Crippen molar-refractivity contribution in [3.8, 4) is 0 Å². The van der Waals surface area contributed by atoms with Gasteiger partial charge in [0.2, 0.25) is 11.8 Å². The predicted molar refractivity (Wildman–Crippen MR) is 93.9 cm³/mol. The predicted octanol–water partition coefficient (Wildman–Crippen LogP) is 0.904. The van der Waals surface area contributed by atoms with Crippen LogP contribution in [-0.2, 0) is 27.4 Å². The quantitative estimate of drug-likeness (QED) is 0.795. The molecule has 1 aliphatic rings. The first-order chi connectivity index (χ1) is 12.7. The molecule has 1 aliphatic heterocycles. The number of rotatable bonds is 7. The molecule has 26 heavy (non-hydrogen) atoms. The fourth-order valence-corrected chi connectivity index (χ4v) is 2.99. The smallest absolute Gasteiger partial charge is 0.248 e. The lowest BCUT2D eigenvalue weighted by Crippen LogP contribution is -2.44. The summed E-state index contributed by atoms with van der Waals surface area (Å²) in [5.41, 5.74) is 1.72. The van der Waals surface area contributed by atoms with E-state index in [0.717, 1.165) is 11.4 Å². The summed E-state index contributed by atoms with van der Waals surface area (Å²) < 4.78 is 7.06. The molecule has 0 saturated heterocycles. The molecule has 2 aromatic rings. The number of pyridine rings is 1. The van der Waals surface area contributed by atoms with Gasteiger partial charge >= 0.3 is 0 Å². The molecule has 0 aliphatic carbocycles. The van der Waals surface area contributed by atoms with Crippen molar-refractivity contribution >= 4 is 11.8 Å². The van der Waals surface area contributed by atoms with Gasteiger partial charge in [-0.05, 0) is 25.1 Å². The summed E-state index contributed by atoms with van der Waals surface area (Å²) >= 11 is 0. The van der Waals surface area contributed by atoms with Crippen molar-refractivity contribution < 1.29 is 14.3 Å². The van der Waals surface area contributed by atoms with Gasteiger partial charge < -0.3 is 15.0 Å². The van der Waals surface area contributed by atoms with E-state index in [1.807, 2.05) is 35.9 Å². The first-order valence-corrected chi connectivity index (χ1v) is 8.72. The first-order valence-electron chi connectivity index (χ1n) is 8.72. The summed E-state index contributed by atoms with van der Waals surface area (Å²) in [5, 5.41) is 7.20. The number of carbonyl (C=O) groups is 2. The summed E-state index contributed by atoms with van der Waals surface area (Å²) in [7, 11) is 0. The Labute approximate surface area is 152 Å². The Morgan fingerprint density at radius 2 is 2.19 bits per heavy atom. The van der Waals surface area contributed by atoms with Crippen molar-refractivity contribution in [3.63, 3.8) is 0 Å². The number of fused-ring (bicyclic) bond motifs is 1. The molecule has 0 fully saturated rings. The van der Waals surface area contributed by atoms with Gasteiger partial charge in [0.05, 0.1) is 36.9 Å². The average Bonchev–Trinajstić information content (AvgIpc) is 3.14. The molecule has 3 heterocycles. The highest BCUT2D eigenvalue weighted by Crippen LogP contribution is 2.23. The Hall–Kier alpha value is -2.74. The lowest BCUT2D eigenvalue weighted by molar-refractivity contribution is -0.138. The molecular weight excluding hydrogens is 334 g/mol. The van der Waals surface area contributed by atoms with Crippen molar-refractivity contribution in [2.24, 2.45) is 0 Å². The van der Waals surface area contributed by atoms with Gasteiger partial charge in [0.1, 0.15) is 6.61 Å². The average molecular weight is 357 g/mol. The summed E-state index contributed by atoms with van der Waals surface area (Å²) in [6.07, 6.45) is 3.64. The van der Waals surface area contributed by atoms with E-state index in [9.17, 15) is 9.59 Å². The van der Waals surface area contributed by atoms with E-state index in [0.29, 0.717) is 26.2 Å². The van der Waals surface area contributed by atoms with Crippen LogP contribution in [0.5, 0.6) is 0 Å². The van der Waals surface area contributed by atoms with Gasteiger partial charge in [-0.3, -0.25) is 19.3 Å². The van der Waals surface area contributed by atoms with Crippen LogP contribution in [0.3, 0.4) is 0 Å². The van der Waals surface area contributed by atoms with Crippen molar-refractivity contribution in [3.05, 3.63) is 48.0 Å². The number of hydrogen-bond donors (Lipinski definition) is 1. The normalized spacial score (nSPS) is 16.2. The molecule has 8 nitrogen and oxygen atoms in total. The van der Waals surface area contributed by atoms with Crippen LogP contribution in [0.15, 0.2) is 36.7 Å². The molecule has 3 rings (SSSR count). The van der Waals surface area contributed by atoms with Crippen LogP contribution in [0.4, 0.5) is 0 Å². The van der Waals surface area contributed by atoms with E-state index in [-0.39, 0.29) is 30.9 Å². The fourth-order valence-electron chi connectivity index (χ4n) is 2.99. The molecule has 0 bridgehead atoms. The SMILES string of the molecule is CCOCC(=O)N1Cc2ccnn2[C@@H](CC(=O)NCc2ccccn2)C1. The topological polar surface area (TPSA) is 89.4 Å². The highest BCUT2D eigenvalue weighted by atomic mass is 16.5. The van der Waals surface area contributed by atoms with E-state index in [4.69, 9.17) is 4.74 Å². The third-order valence-corrected chi connectivity index (χ3v) is 4.28. The summed E-state index contributed by atoms with van der Waals surface area (Å²) in [4.78, 5) is 30.6. The molecule has 0 unspecified atom stereocenters. The number of nitrogens with one attached hydrogen (secondary N) is 1. The number of amides is 2. The number of nitrogens with zero attached hydrogens (tertiary/aromatic N) is 4. The van der Waals surface area contributed by atoms with Gasteiger partial charge in [-0.2, -0.15) is 5.10 Å². The molecule has 2 aromatic heterocycles. The van der Waals surface area contributed by atoms with Gasteiger partial charge in [-0.15, -0.1) is 0 Å². The molecule has 1 atom stereocenters. The Kier molecular flexibility index (Phi) is 5.96. The van der Waals surface area contributed by atoms with Gasteiger partial charge in [-0.25, -0.2) is 0 Å². The van der Waals surface area contributed by atoms with E-state index < -0.39 is 0 Å². The van der Waals surface area contributed by atoms with E-state index >= 15 is 0 Å². The molecule has 1 N–H and O–H groups in total. The van der Waals surface area contributed by atoms with Crippen LogP contribution >= 0.6 is 0 Å². The monoisotopic (exact) mass is 357 g/mol. The zero-order valence-corrected chi connectivity index (χ0v) is 14.8. The maximum Gasteiger partial charge on any atom is 0.248 e. The minimum atomic E-state index is -0.192. The molecule has 8 heteroatoms. The minimum Gasteiger partial charge on any atom is -0.372 e. The number of carbonyl (C=O) groups excluding carboxylic acids is 2. The lowest BCUT2D eigenvalue weighted by atomic mass is 10.1. The van der Waals surface area contributed by atoms with Gasteiger partial charge in [-0.1, -0.05) is 6.07 Å². The van der Waals surface area contributed by atoms with E-state index in [1.54, 1.807) is 17.3 Å². The van der Waals surface area contributed by atoms with Crippen LogP contribution in [0, 0.1) is 0 Å². The highest BCUT2D eigenvalue weighted by Gasteiger charge is 2.29. The molecule has 0 radical (unpaired) electrons. The van der Waals surface area contributed by atoms with Crippen molar-refractivity contribution in [2.45, 2.75) is 32.5 Å². The van der Waals surface area contributed by atoms with E-state index in [1.165, 1.54) is 0 Å². The third kappa shape index (κ3) is 4.45. The molecule has 2 amide bonds. The zero-order chi connectivity index (χ0) is 18.4. The Morgan fingerprint density at radius 3 is 2.96 bits per heavy atom. The summed E-state index contributed by atoms with van der Waals surface area (Å²) in [5.74, 6) is -0.167. The Bertz CT molecular complexity index is 746. The second kappa shape index (κ2) is 8.57. The molecule has 0 spiro atoms. The van der Waals surface area contributed by atoms with Gasteiger partial charge in [0, 0.05) is 25.5 Å². The van der Waals surface area contributed by atoms with Crippen LogP contribution < -0.4 is 5.32 Å². The summed E-state index contributed by atoms with van der Waals surface area (Å²) in [6.45, 7) is 3.72. The lowest BCUT2D eigenvalue weighted by Gasteiger charge is -2.33. The van der Waals surface area contributed by atoms with Crippen LogP contribution in [-0.4, -0.2) is 51.2 Å². The highest BCUT2D eigenvalue weighted by molar-refractivity contribution is 5.78.